The summed E-state index contributed by atoms with van der Waals surface area (Å²) in [7, 11) is 0. The minimum atomic E-state index is -0.414. The van der Waals surface area contributed by atoms with Crippen molar-refractivity contribution >= 4 is 18.1 Å². The number of aryl methyl sites for hydroxylation is 1. The first kappa shape index (κ1) is 25.1. The van der Waals surface area contributed by atoms with E-state index in [4.69, 9.17) is 9.47 Å². The Hall–Kier alpha value is -3.48. The molecule has 0 spiro atoms. The van der Waals surface area contributed by atoms with Crippen LogP contribution in [-0.2, 0) is 22.5 Å². The summed E-state index contributed by atoms with van der Waals surface area (Å²) in [4.78, 5) is 30.2. The van der Waals surface area contributed by atoms with Crippen LogP contribution in [0.25, 0.3) is 0 Å². The van der Waals surface area contributed by atoms with Crippen molar-refractivity contribution in [2.45, 2.75) is 51.7 Å². The van der Waals surface area contributed by atoms with Gasteiger partial charge >= 0.3 is 6.03 Å². The molecule has 0 saturated carbocycles. The van der Waals surface area contributed by atoms with Gasteiger partial charge in [-0.15, -0.1) is 0 Å². The number of nitrogens with one attached hydrogen (secondary N) is 1. The van der Waals surface area contributed by atoms with Gasteiger partial charge in [0.2, 0.25) is 0 Å². The molecule has 1 unspecified atom stereocenters. The molecule has 1 aromatic heterocycles. The molecule has 3 rings (SSSR count). The third-order valence-corrected chi connectivity index (χ3v) is 5.74. The number of allylic oxidation sites excluding steroid dienone is 4. The average molecular weight is 467 g/mol. The summed E-state index contributed by atoms with van der Waals surface area (Å²) >= 11 is 0. The Morgan fingerprint density at radius 2 is 2.29 bits per heavy atom. The van der Waals surface area contributed by atoms with Crippen molar-refractivity contribution in [1.29, 1.82) is 5.26 Å². The van der Waals surface area contributed by atoms with E-state index in [0.29, 0.717) is 55.3 Å². The van der Waals surface area contributed by atoms with Crippen LogP contribution >= 0.6 is 0 Å². The van der Waals surface area contributed by atoms with Crippen LogP contribution < -0.4 is 10.2 Å². The lowest BCUT2D eigenvalue weighted by atomic mass is 10.0. The summed E-state index contributed by atoms with van der Waals surface area (Å²) in [5, 5.41) is 21.8. The van der Waals surface area contributed by atoms with E-state index >= 15 is 0 Å². The van der Waals surface area contributed by atoms with Gasteiger partial charge in [-0.05, 0) is 56.7 Å². The normalized spacial score (nSPS) is 18.8. The number of urea groups is 1. The second-order valence-electron chi connectivity index (χ2n) is 8.20. The molecule has 1 atom stereocenters. The van der Waals surface area contributed by atoms with Crippen molar-refractivity contribution in [1.82, 2.24) is 10.3 Å². The van der Waals surface area contributed by atoms with Crippen molar-refractivity contribution < 1.29 is 24.2 Å². The molecule has 3 heterocycles. The van der Waals surface area contributed by atoms with Gasteiger partial charge in [0.05, 0.1) is 18.3 Å². The molecule has 2 amide bonds. The van der Waals surface area contributed by atoms with Gasteiger partial charge < -0.3 is 19.9 Å². The highest BCUT2D eigenvalue weighted by Gasteiger charge is 2.26. The molecule has 180 valence electrons. The lowest BCUT2D eigenvalue weighted by Gasteiger charge is -2.29. The van der Waals surface area contributed by atoms with Crippen molar-refractivity contribution in [2.24, 2.45) is 0 Å². The summed E-state index contributed by atoms with van der Waals surface area (Å²) in [5.41, 5.74) is 2.07. The number of anilines is 1. The highest BCUT2D eigenvalue weighted by molar-refractivity contribution is 5.93. The van der Waals surface area contributed by atoms with Crippen molar-refractivity contribution in [3.63, 3.8) is 0 Å². The molecule has 0 radical (unpaired) electrons. The van der Waals surface area contributed by atoms with E-state index in [1.807, 2.05) is 0 Å². The van der Waals surface area contributed by atoms with Crippen LogP contribution in [0.1, 0.15) is 54.2 Å². The van der Waals surface area contributed by atoms with Gasteiger partial charge in [-0.25, -0.2) is 9.78 Å². The van der Waals surface area contributed by atoms with Crippen LogP contribution in [0.5, 0.6) is 0 Å². The third-order valence-electron chi connectivity index (χ3n) is 5.74. The summed E-state index contributed by atoms with van der Waals surface area (Å²) in [6, 6.07) is 3.37. The van der Waals surface area contributed by atoms with Crippen LogP contribution in [-0.4, -0.2) is 48.3 Å². The predicted octanol–water partition coefficient (Wildman–Crippen LogP) is 3.30. The largest absolute Gasteiger partial charge is 0.489 e. The molecule has 2 aliphatic heterocycles. The number of nitrogens with zero attached hydrogens (tertiary/aromatic N) is 3. The number of amides is 2. The van der Waals surface area contributed by atoms with Crippen LogP contribution in [0, 0.1) is 11.3 Å². The molecular formula is C25H30N4O5. The SMILES string of the molecule is C=C/C(C#N)=C(\C=C(/C)NC(=O)N1CCCc2cc(CO)c(C=O)nc21)OCC1CCCCO1. The fraction of sp³-hybridized carbons (Fsp3) is 0.440. The summed E-state index contributed by atoms with van der Waals surface area (Å²) in [6.07, 6.45) is 7.95. The number of hydrogen-bond donors (Lipinski definition) is 2. The monoisotopic (exact) mass is 466 g/mol. The second kappa shape index (κ2) is 12.1. The Bertz CT molecular complexity index is 1030. The molecule has 2 N–H and O–H groups in total. The van der Waals surface area contributed by atoms with Gasteiger partial charge in [-0.1, -0.05) is 6.58 Å². The van der Waals surface area contributed by atoms with Gasteiger partial charge in [-0.2, -0.15) is 5.26 Å². The molecule has 0 bridgehead atoms. The zero-order chi connectivity index (χ0) is 24.5. The molecule has 9 heteroatoms. The number of carbonyl (C=O) groups excluding carboxylic acids is 2. The maximum absolute atomic E-state index is 13.1. The van der Waals surface area contributed by atoms with Gasteiger partial charge in [0.1, 0.15) is 29.9 Å². The first-order valence-electron chi connectivity index (χ1n) is 11.4. The summed E-state index contributed by atoms with van der Waals surface area (Å²) < 4.78 is 11.6. The molecule has 0 aliphatic carbocycles. The molecule has 34 heavy (non-hydrogen) atoms. The molecule has 1 aromatic rings. The second-order valence-corrected chi connectivity index (χ2v) is 8.20. The van der Waals surface area contributed by atoms with E-state index in [9.17, 15) is 20.0 Å². The third kappa shape index (κ3) is 6.10. The first-order chi connectivity index (χ1) is 16.5. The fourth-order valence-corrected chi connectivity index (χ4v) is 3.97. The number of pyridine rings is 1. The zero-order valence-corrected chi connectivity index (χ0v) is 19.4. The molecule has 2 aliphatic rings. The lowest BCUT2D eigenvalue weighted by molar-refractivity contribution is -0.0244. The van der Waals surface area contributed by atoms with Gasteiger partial charge in [0.25, 0.3) is 0 Å². The van der Waals surface area contributed by atoms with E-state index in [2.05, 4.69) is 22.9 Å². The predicted molar refractivity (Wildman–Crippen MR) is 126 cm³/mol. The number of carbonyl (C=O) groups is 2. The van der Waals surface area contributed by atoms with Crippen LogP contribution in [0.2, 0.25) is 0 Å². The maximum Gasteiger partial charge on any atom is 0.327 e. The highest BCUT2D eigenvalue weighted by atomic mass is 16.5. The van der Waals surface area contributed by atoms with Crippen LogP contribution in [0.15, 0.2) is 41.8 Å². The topological polar surface area (TPSA) is 125 Å². The van der Waals surface area contributed by atoms with Crippen LogP contribution in [0.4, 0.5) is 10.6 Å². The Morgan fingerprint density at radius 3 is 2.94 bits per heavy atom. The number of aliphatic hydroxyl groups excluding tert-OH is 1. The lowest BCUT2D eigenvalue weighted by Crippen LogP contribution is -2.43. The Labute approximate surface area is 199 Å². The molecular weight excluding hydrogens is 436 g/mol. The van der Waals surface area contributed by atoms with E-state index in [0.717, 1.165) is 31.2 Å². The Morgan fingerprint density at radius 1 is 1.47 bits per heavy atom. The number of nitriles is 1. The van der Waals surface area contributed by atoms with Gasteiger partial charge in [0.15, 0.2) is 6.29 Å². The molecule has 0 aromatic carbocycles. The van der Waals surface area contributed by atoms with Crippen molar-refractivity contribution in [3.05, 3.63) is 58.6 Å². The number of rotatable bonds is 8. The zero-order valence-electron chi connectivity index (χ0n) is 19.4. The summed E-state index contributed by atoms with van der Waals surface area (Å²) in [6.45, 7) is 6.50. The number of aromatic nitrogens is 1. The van der Waals surface area contributed by atoms with E-state index in [1.165, 1.54) is 11.0 Å². The van der Waals surface area contributed by atoms with E-state index in [-0.39, 0.29) is 24.0 Å². The quantitative estimate of drug-likeness (QED) is 0.261. The maximum atomic E-state index is 13.1. The van der Waals surface area contributed by atoms with E-state index in [1.54, 1.807) is 19.1 Å². The van der Waals surface area contributed by atoms with Crippen molar-refractivity contribution in [2.75, 3.05) is 24.7 Å². The van der Waals surface area contributed by atoms with Crippen molar-refractivity contribution in [3.8, 4) is 6.07 Å². The number of hydrogen-bond acceptors (Lipinski definition) is 7. The molecule has 1 saturated heterocycles. The number of aliphatic hydroxyl groups is 1. The smallest absolute Gasteiger partial charge is 0.327 e. The van der Waals surface area contributed by atoms with Gasteiger partial charge in [-0.3, -0.25) is 9.69 Å². The molecule has 1 fully saturated rings. The average Bonchev–Trinajstić information content (AvgIpc) is 2.86. The number of fused-ring (bicyclic) bond motifs is 1. The summed E-state index contributed by atoms with van der Waals surface area (Å²) in [5.74, 6) is 0.707. The first-order valence-corrected chi connectivity index (χ1v) is 11.4. The van der Waals surface area contributed by atoms with Crippen LogP contribution in [0.3, 0.4) is 0 Å². The standard InChI is InChI=1S/C25H30N4O5/c1-3-18(13-26)23(34-16-21-8-4-5-10-33-21)11-17(2)27-25(32)29-9-6-7-19-12-20(14-30)22(15-31)28-24(19)29/h3,11-12,15,21,30H,1,4-10,14,16H2,2H3,(H,27,32)/b17-11+,23-18-. The Balaban J connectivity index is 1.77. The van der Waals surface area contributed by atoms with Gasteiger partial charge in [0, 0.05) is 30.5 Å². The Kier molecular flexibility index (Phi) is 8.96. The minimum absolute atomic E-state index is 0.0384. The molecule has 9 nitrogen and oxygen atoms in total. The highest BCUT2D eigenvalue weighted by Crippen LogP contribution is 2.27. The van der Waals surface area contributed by atoms with E-state index < -0.39 is 6.03 Å². The number of ether oxygens (including phenoxy) is 2. The number of aldehydes is 1. The minimum Gasteiger partial charge on any atom is -0.489 e. The fourth-order valence-electron chi connectivity index (χ4n) is 3.97.